The summed E-state index contributed by atoms with van der Waals surface area (Å²) in [5.41, 5.74) is 1.57. The maximum Gasteiger partial charge on any atom is 0.257 e. The molecule has 4 heteroatoms. The van der Waals surface area contributed by atoms with Crippen molar-refractivity contribution in [2.75, 3.05) is 13.1 Å². The van der Waals surface area contributed by atoms with E-state index in [1.54, 1.807) is 11.8 Å². The van der Waals surface area contributed by atoms with Crippen molar-refractivity contribution in [1.29, 1.82) is 0 Å². The molecule has 0 aliphatic carbocycles. The van der Waals surface area contributed by atoms with E-state index < -0.39 is 0 Å². The Morgan fingerprint density at radius 1 is 1.38 bits per heavy atom. The van der Waals surface area contributed by atoms with Gasteiger partial charge in [0.1, 0.15) is 11.5 Å². The summed E-state index contributed by atoms with van der Waals surface area (Å²) in [6.45, 7) is 6.62. The predicted molar refractivity (Wildman–Crippen MR) is 59.4 cm³/mol. The quantitative estimate of drug-likeness (QED) is 0.783. The summed E-state index contributed by atoms with van der Waals surface area (Å²) >= 11 is 0. The Hall–Kier alpha value is -1.29. The first kappa shape index (κ1) is 11.2. The van der Waals surface area contributed by atoms with Crippen LogP contribution in [0.15, 0.2) is 4.42 Å². The van der Waals surface area contributed by atoms with Crippen molar-refractivity contribution >= 4 is 5.91 Å². The van der Waals surface area contributed by atoms with Gasteiger partial charge in [-0.2, -0.15) is 0 Å². The highest BCUT2D eigenvalue weighted by atomic mass is 16.3. The van der Waals surface area contributed by atoms with Gasteiger partial charge < -0.3 is 14.4 Å². The molecule has 1 saturated heterocycles. The van der Waals surface area contributed by atoms with E-state index in [9.17, 15) is 9.90 Å². The van der Waals surface area contributed by atoms with Crippen LogP contribution in [0.2, 0.25) is 0 Å². The van der Waals surface area contributed by atoms with Gasteiger partial charge in [0.2, 0.25) is 0 Å². The van der Waals surface area contributed by atoms with Crippen molar-refractivity contribution in [3.05, 3.63) is 22.6 Å². The standard InChI is InChI=1S/C12H17NO3/c1-7-8(2)16-9(3)11(7)12(15)13-5-4-10(14)6-13/h10,14H,4-6H2,1-3H3/t10-/m0/s1. The number of β-amino-alcohol motifs (C(OH)–C–C–N with tert-alkyl or cyclic N) is 1. The number of aryl methyl sites for hydroxylation is 2. The van der Waals surface area contributed by atoms with Gasteiger partial charge in [0, 0.05) is 18.7 Å². The zero-order valence-electron chi connectivity index (χ0n) is 9.91. The minimum absolute atomic E-state index is 0.0246. The van der Waals surface area contributed by atoms with E-state index in [1.807, 2.05) is 13.8 Å². The number of rotatable bonds is 1. The third kappa shape index (κ3) is 1.73. The minimum atomic E-state index is -0.377. The van der Waals surface area contributed by atoms with Gasteiger partial charge in [-0.1, -0.05) is 0 Å². The van der Waals surface area contributed by atoms with Gasteiger partial charge in [-0.05, 0) is 27.2 Å². The molecule has 1 atom stereocenters. The molecule has 88 valence electrons. The maximum atomic E-state index is 12.2. The van der Waals surface area contributed by atoms with E-state index in [-0.39, 0.29) is 12.0 Å². The fourth-order valence-corrected chi connectivity index (χ4v) is 2.19. The van der Waals surface area contributed by atoms with Gasteiger partial charge in [0.05, 0.1) is 11.7 Å². The number of carbonyl (C=O) groups excluding carboxylic acids is 1. The van der Waals surface area contributed by atoms with E-state index in [2.05, 4.69) is 0 Å². The first-order valence-electron chi connectivity index (χ1n) is 5.54. The van der Waals surface area contributed by atoms with Crippen LogP contribution in [0.3, 0.4) is 0 Å². The molecule has 0 radical (unpaired) electrons. The van der Waals surface area contributed by atoms with Crippen molar-refractivity contribution in [1.82, 2.24) is 4.90 Å². The van der Waals surface area contributed by atoms with Crippen LogP contribution in [-0.4, -0.2) is 35.1 Å². The van der Waals surface area contributed by atoms with Gasteiger partial charge in [0.15, 0.2) is 0 Å². The number of aliphatic hydroxyl groups is 1. The van der Waals surface area contributed by atoms with Crippen molar-refractivity contribution in [3.8, 4) is 0 Å². The Kier molecular flexibility index (Phi) is 2.76. The molecule has 0 saturated carbocycles. The van der Waals surface area contributed by atoms with Crippen LogP contribution in [0.1, 0.15) is 33.9 Å². The number of aliphatic hydroxyl groups excluding tert-OH is 1. The van der Waals surface area contributed by atoms with Gasteiger partial charge >= 0.3 is 0 Å². The molecule has 1 amide bonds. The fraction of sp³-hybridized carbons (Fsp3) is 0.583. The lowest BCUT2D eigenvalue weighted by atomic mass is 10.1. The first-order valence-corrected chi connectivity index (χ1v) is 5.54. The van der Waals surface area contributed by atoms with Crippen molar-refractivity contribution < 1.29 is 14.3 Å². The summed E-state index contributed by atoms with van der Waals surface area (Å²) in [4.78, 5) is 13.9. The number of hydrogen-bond acceptors (Lipinski definition) is 3. The molecule has 4 nitrogen and oxygen atoms in total. The van der Waals surface area contributed by atoms with Gasteiger partial charge in [-0.3, -0.25) is 4.79 Å². The SMILES string of the molecule is Cc1oc(C)c(C(=O)N2CC[C@H](O)C2)c1C. The lowest BCUT2D eigenvalue weighted by Gasteiger charge is -2.15. The summed E-state index contributed by atoms with van der Waals surface area (Å²) in [5, 5.41) is 9.42. The Balaban J connectivity index is 2.27. The molecule has 0 spiro atoms. The van der Waals surface area contributed by atoms with Gasteiger partial charge in [-0.25, -0.2) is 0 Å². The maximum absolute atomic E-state index is 12.2. The number of hydrogen-bond donors (Lipinski definition) is 1. The zero-order valence-corrected chi connectivity index (χ0v) is 9.91. The molecular formula is C12H17NO3. The molecule has 16 heavy (non-hydrogen) atoms. The van der Waals surface area contributed by atoms with Crippen molar-refractivity contribution in [2.24, 2.45) is 0 Å². The first-order chi connectivity index (χ1) is 7.50. The molecule has 0 aromatic carbocycles. The van der Waals surface area contributed by atoms with E-state index >= 15 is 0 Å². The molecule has 0 unspecified atom stereocenters. The third-order valence-electron chi connectivity index (χ3n) is 3.23. The Bertz CT molecular complexity index is 422. The second-order valence-corrected chi connectivity index (χ2v) is 4.41. The highest BCUT2D eigenvalue weighted by molar-refractivity contribution is 5.97. The zero-order chi connectivity index (χ0) is 11.9. The van der Waals surface area contributed by atoms with Crippen LogP contribution in [0, 0.1) is 20.8 Å². The van der Waals surface area contributed by atoms with Crippen molar-refractivity contribution in [2.45, 2.75) is 33.3 Å². The summed E-state index contributed by atoms with van der Waals surface area (Å²) < 4.78 is 5.44. The Morgan fingerprint density at radius 2 is 2.06 bits per heavy atom. The average molecular weight is 223 g/mol. The van der Waals surface area contributed by atoms with E-state index in [4.69, 9.17) is 4.42 Å². The smallest absolute Gasteiger partial charge is 0.257 e. The van der Waals surface area contributed by atoms with Crippen LogP contribution in [0.25, 0.3) is 0 Å². The monoisotopic (exact) mass is 223 g/mol. The second kappa shape index (κ2) is 3.94. The summed E-state index contributed by atoms with van der Waals surface area (Å²) in [7, 11) is 0. The highest BCUT2D eigenvalue weighted by Gasteiger charge is 2.29. The summed E-state index contributed by atoms with van der Waals surface area (Å²) in [6.07, 6.45) is 0.290. The number of nitrogens with zero attached hydrogens (tertiary/aromatic N) is 1. The molecule has 1 aromatic heterocycles. The Labute approximate surface area is 94.9 Å². The van der Waals surface area contributed by atoms with Crippen molar-refractivity contribution in [3.63, 3.8) is 0 Å². The van der Waals surface area contributed by atoms with Gasteiger partial charge in [-0.15, -0.1) is 0 Å². The van der Waals surface area contributed by atoms with E-state index in [0.29, 0.717) is 30.8 Å². The molecule has 1 aliphatic rings. The number of amides is 1. The number of furan rings is 1. The third-order valence-corrected chi connectivity index (χ3v) is 3.23. The van der Waals surface area contributed by atoms with Crippen LogP contribution in [-0.2, 0) is 0 Å². The molecule has 1 aromatic rings. The lowest BCUT2D eigenvalue weighted by Crippen LogP contribution is -2.30. The predicted octanol–water partition coefficient (Wildman–Crippen LogP) is 1.41. The molecule has 0 bridgehead atoms. The molecule has 1 N–H and O–H groups in total. The molecular weight excluding hydrogens is 206 g/mol. The topological polar surface area (TPSA) is 53.7 Å². The highest BCUT2D eigenvalue weighted by Crippen LogP contribution is 2.23. The largest absolute Gasteiger partial charge is 0.466 e. The number of likely N-dealkylation sites (tertiary alicyclic amines) is 1. The summed E-state index contributed by atoms with van der Waals surface area (Å²) in [6, 6.07) is 0. The Morgan fingerprint density at radius 3 is 2.50 bits per heavy atom. The molecule has 1 aliphatic heterocycles. The van der Waals surface area contributed by atoms with E-state index in [1.165, 1.54) is 0 Å². The molecule has 2 rings (SSSR count). The fourth-order valence-electron chi connectivity index (χ4n) is 2.19. The van der Waals surface area contributed by atoms with E-state index in [0.717, 1.165) is 11.3 Å². The van der Waals surface area contributed by atoms with Crippen LogP contribution >= 0.6 is 0 Å². The second-order valence-electron chi connectivity index (χ2n) is 4.41. The number of carbonyl (C=O) groups is 1. The van der Waals surface area contributed by atoms with Crippen LogP contribution in [0.5, 0.6) is 0 Å². The lowest BCUT2D eigenvalue weighted by molar-refractivity contribution is 0.0762. The average Bonchev–Trinajstić information content (AvgIpc) is 2.73. The van der Waals surface area contributed by atoms with Gasteiger partial charge in [0.25, 0.3) is 5.91 Å². The van der Waals surface area contributed by atoms with Crippen LogP contribution < -0.4 is 0 Å². The van der Waals surface area contributed by atoms with Crippen LogP contribution in [0.4, 0.5) is 0 Å². The summed E-state index contributed by atoms with van der Waals surface area (Å²) in [5.74, 6) is 1.44. The molecule has 2 heterocycles. The normalized spacial score (nSPS) is 20.5. The minimum Gasteiger partial charge on any atom is -0.466 e. The molecule has 1 fully saturated rings.